The predicted molar refractivity (Wildman–Crippen MR) is 290 cm³/mol. The molecule has 2 heterocycles. The molecule has 1 atom stereocenters. The molecule has 5 amide bonds. The second-order valence-electron chi connectivity index (χ2n) is 19.0. The Kier molecular flexibility index (Phi) is 42.6. The second-order valence-corrected chi connectivity index (χ2v) is 19.0. The van der Waals surface area contributed by atoms with Crippen LogP contribution in [0.5, 0.6) is 0 Å². The van der Waals surface area contributed by atoms with Crippen LogP contribution in [0, 0.1) is 0 Å². The van der Waals surface area contributed by atoms with Crippen molar-refractivity contribution in [1.29, 1.82) is 0 Å². The van der Waals surface area contributed by atoms with E-state index in [1.165, 1.54) is 89.5 Å². The van der Waals surface area contributed by atoms with Gasteiger partial charge < -0.3 is 62.2 Å². The van der Waals surface area contributed by atoms with Gasteiger partial charge in [0, 0.05) is 26.1 Å². The first-order valence-corrected chi connectivity index (χ1v) is 29.0. The Morgan fingerprint density at radius 2 is 0.792 bits per heavy atom. The molecule has 1 saturated heterocycles. The van der Waals surface area contributed by atoms with E-state index in [4.69, 9.17) is 56.8 Å². The van der Waals surface area contributed by atoms with E-state index < -0.39 is 29.7 Å². The predicted octanol–water partition coefficient (Wildman–Crippen LogP) is 7.27. The molecule has 3 rings (SSSR count). The summed E-state index contributed by atoms with van der Waals surface area (Å²) >= 11 is 0. The number of unbranched alkanes of at least 4 members (excludes halogenated alkanes) is 15. The van der Waals surface area contributed by atoms with E-state index in [2.05, 4.69) is 17.6 Å². The standard InChI is InChI=1S/C57H97N3O17/c1-2-3-4-5-6-7-8-9-10-11-12-13-14-17-25-66-27-29-68-31-33-70-35-37-72-39-41-74-43-45-76-47-48-77-46-44-75-42-40-73-38-36-71-34-32-69-30-28-67-26-18-15-16-22-52(61)58-50-21-19-20-49-54(50)57(65)60(56(49)64)51-23-24-53(62)59-55(51)63/h19-21,51H,2-18,22-48H2,1H3,(H,58,61)(H,59,62,63). The minimum absolute atomic E-state index is 0.0271. The minimum atomic E-state index is -1.08. The number of nitrogens with zero attached hydrogens (tertiary/aromatic N) is 1. The average Bonchev–Trinajstić information content (AvgIpc) is 3.68. The van der Waals surface area contributed by atoms with E-state index in [1.54, 1.807) is 12.1 Å². The van der Waals surface area contributed by atoms with Gasteiger partial charge in [0.1, 0.15) is 6.04 Å². The summed E-state index contributed by atoms with van der Waals surface area (Å²) in [6.45, 7) is 14.5. The van der Waals surface area contributed by atoms with E-state index >= 15 is 0 Å². The lowest BCUT2D eigenvalue weighted by Gasteiger charge is -2.27. The summed E-state index contributed by atoms with van der Waals surface area (Å²) in [6, 6.07) is 3.53. The lowest BCUT2D eigenvalue weighted by atomic mass is 10.0. The van der Waals surface area contributed by atoms with Crippen molar-refractivity contribution < 1.29 is 80.8 Å². The Labute approximate surface area is 459 Å². The Hall–Kier alpha value is -3.51. The fraction of sp³-hybridized carbons (Fsp3) is 0.807. The smallest absolute Gasteiger partial charge is 0.264 e. The maximum Gasteiger partial charge on any atom is 0.264 e. The molecule has 0 spiro atoms. The number of fused-ring (bicyclic) bond motifs is 1. The molecule has 1 unspecified atom stereocenters. The number of carbonyl (C=O) groups excluding carboxylic acids is 5. The maximum atomic E-state index is 13.2. The largest absolute Gasteiger partial charge is 0.379 e. The molecule has 0 aliphatic carbocycles. The lowest BCUT2D eigenvalue weighted by Crippen LogP contribution is -2.54. The van der Waals surface area contributed by atoms with Crippen molar-refractivity contribution in [1.82, 2.24) is 10.2 Å². The summed E-state index contributed by atoms with van der Waals surface area (Å²) in [4.78, 5) is 63.7. The van der Waals surface area contributed by atoms with Gasteiger partial charge in [0.2, 0.25) is 17.7 Å². The topological polar surface area (TPSA) is 223 Å². The van der Waals surface area contributed by atoms with Gasteiger partial charge in [-0.05, 0) is 37.8 Å². The van der Waals surface area contributed by atoms with Gasteiger partial charge in [-0.2, -0.15) is 0 Å². The Balaban J connectivity index is 0.919. The first-order chi connectivity index (χ1) is 37.9. The highest BCUT2D eigenvalue weighted by molar-refractivity contribution is 6.26. The van der Waals surface area contributed by atoms with E-state index in [1.807, 2.05) is 0 Å². The number of piperidine rings is 1. The molecule has 1 aromatic rings. The third-order valence-corrected chi connectivity index (χ3v) is 12.7. The Morgan fingerprint density at radius 3 is 1.16 bits per heavy atom. The zero-order valence-corrected chi connectivity index (χ0v) is 46.8. The van der Waals surface area contributed by atoms with Gasteiger partial charge in [0.15, 0.2) is 0 Å². The van der Waals surface area contributed by atoms with Crippen molar-refractivity contribution in [3.63, 3.8) is 0 Å². The van der Waals surface area contributed by atoms with Gasteiger partial charge in [-0.25, -0.2) is 0 Å². The van der Waals surface area contributed by atoms with Crippen molar-refractivity contribution in [3.8, 4) is 0 Å². The van der Waals surface area contributed by atoms with Crippen molar-refractivity contribution in [3.05, 3.63) is 29.3 Å². The van der Waals surface area contributed by atoms with Crippen molar-refractivity contribution >= 4 is 35.2 Å². The summed E-state index contributed by atoms with van der Waals surface area (Å²) in [7, 11) is 0. The first-order valence-electron chi connectivity index (χ1n) is 29.0. The fourth-order valence-corrected chi connectivity index (χ4v) is 8.42. The highest BCUT2D eigenvalue weighted by atomic mass is 16.6. The number of anilines is 1. The summed E-state index contributed by atoms with van der Waals surface area (Å²) in [6.07, 6.45) is 21.5. The third kappa shape index (κ3) is 34.3. The molecule has 1 fully saturated rings. The monoisotopic (exact) mass is 1100 g/mol. The molecule has 442 valence electrons. The molecule has 77 heavy (non-hydrogen) atoms. The number of ether oxygens (including phenoxy) is 12. The third-order valence-electron chi connectivity index (χ3n) is 12.7. The summed E-state index contributed by atoms with van der Waals surface area (Å²) in [5.74, 6) is -2.72. The van der Waals surface area contributed by atoms with E-state index in [0.717, 1.165) is 30.8 Å². The van der Waals surface area contributed by atoms with Crippen LogP contribution in [0.1, 0.15) is 156 Å². The van der Waals surface area contributed by atoms with Crippen LogP contribution in [0.25, 0.3) is 0 Å². The number of nitrogens with one attached hydrogen (secondary N) is 2. The number of imide groups is 2. The van der Waals surface area contributed by atoms with Crippen LogP contribution in [0.2, 0.25) is 0 Å². The van der Waals surface area contributed by atoms with Crippen molar-refractivity contribution in [2.24, 2.45) is 0 Å². The fourth-order valence-electron chi connectivity index (χ4n) is 8.42. The van der Waals surface area contributed by atoms with Crippen LogP contribution in [0.3, 0.4) is 0 Å². The first kappa shape index (κ1) is 67.8. The number of amides is 5. The van der Waals surface area contributed by atoms with Gasteiger partial charge in [0.25, 0.3) is 11.8 Å². The highest BCUT2D eigenvalue weighted by Gasteiger charge is 2.45. The summed E-state index contributed by atoms with van der Waals surface area (Å²) < 4.78 is 66.7. The van der Waals surface area contributed by atoms with Crippen molar-refractivity contribution in [2.75, 3.05) is 164 Å². The number of carbonyl (C=O) groups is 5. The molecular formula is C57H97N3O17. The molecule has 20 heteroatoms. The lowest BCUT2D eigenvalue weighted by molar-refractivity contribution is -0.136. The molecule has 0 aromatic heterocycles. The molecule has 0 bridgehead atoms. The average molecular weight is 1100 g/mol. The molecule has 2 N–H and O–H groups in total. The molecule has 0 saturated carbocycles. The van der Waals surface area contributed by atoms with Crippen LogP contribution >= 0.6 is 0 Å². The molecular weight excluding hydrogens is 999 g/mol. The zero-order valence-electron chi connectivity index (χ0n) is 46.8. The number of hydrogen-bond acceptors (Lipinski definition) is 17. The second kappa shape index (κ2) is 48.4. The van der Waals surface area contributed by atoms with E-state index in [0.29, 0.717) is 158 Å². The highest BCUT2D eigenvalue weighted by Crippen LogP contribution is 2.32. The van der Waals surface area contributed by atoms with Crippen molar-refractivity contribution in [2.45, 2.75) is 141 Å². The molecule has 1 aromatic carbocycles. The Morgan fingerprint density at radius 1 is 0.455 bits per heavy atom. The van der Waals surface area contributed by atoms with Crippen LogP contribution in [0.4, 0.5) is 5.69 Å². The normalized spacial score (nSPS) is 14.5. The van der Waals surface area contributed by atoms with Crippen LogP contribution in [0.15, 0.2) is 18.2 Å². The van der Waals surface area contributed by atoms with Crippen LogP contribution in [-0.4, -0.2) is 199 Å². The van der Waals surface area contributed by atoms with Gasteiger partial charge in [0.05, 0.1) is 162 Å². The van der Waals surface area contributed by atoms with Crippen LogP contribution < -0.4 is 10.6 Å². The molecule has 2 aliphatic heterocycles. The molecule has 2 aliphatic rings. The molecule has 20 nitrogen and oxygen atoms in total. The SMILES string of the molecule is CCCCCCCCCCCCCCCCOCCOCCOCCOCCOCCOCCOCCOCCOCCOCCOCCOCCCCCC(=O)Nc1cccc2c1C(=O)N(C1CCC(=O)NC1=O)C2=O. The quantitative estimate of drug-likeness (QED) is 0.0483. The van der Waals surface area contributed by atoms with Gasteiger partial charge in [-0.1, -0.05) is 103 Å². The van der Waals surface area contributed by atoms with Gasteiger partial charge in [-0.15, -0.1) is 0 Å². The zero-order chi connectivity index (χ0) is 54.9. The van der Waals surface area contributed by atoms with E-state index in [-0.39, 0.29) is 42.0 Å². The van der Waals surface area contributed by atoms with Gasteiger partial charge >= 0.3 is 0 Å². The van der Waals surface area contributed by atoms with Gasteiger partial charge in [-0.3, -0.25) is 34.2 Å². The Bertz CT molecular complexity index is 1670. The van der Waals surface area contributed by atoms with E-state index in [9.17, 15) is 24.0 Å². The minimum Gasteiger partial charge on any atom is -0.379 e. The maximum absolute atomic E-state index is 13.2. The number of hydrogen-bond donors (Lipinski definition) is 2. The molecule has 0 radical (unpaired) electrons. The number of rotatable bonds is 56. The summed E-state index contributed by atoms with van der Waals surface area (Å²) in [5.41, 5.74) is 0.382. The van der Waals surface area contributed by atoms with Crippen LogP contribution in [-0.2, 0) is 71.2 Å². The summed E-state index contributed by atoms with van der Waals surface area (Å²) in [5, 5.41) is 4.92. The number of benzene rings is 1.